The summed E-state index contributed by atoms with van der Waals surface area (Å²) in [6.45, 7) is 0. The van der Waals surface area contributed by atoms with Crippen LogP contribution in [0, 0.1) is 22.8 Å². The lowest BCUT2D eigenvalue weighted by Crippen LogP contribution is -2.38. The lowest BCUT2D eigenvalue weighted by molar-refractivity contribution is 0.566. The highest BCUT2D eigenvalue weighted by Crippen LogP contribution is 2.46. The normalized spacial score (nSPS) is 22.8. The summed E-state index contributed by atoms with van der Waals surface area (Å²) < 4.78 is 1.90. The minimum absolute atomic E-state index is 0.345. The molecule has 0 saturated heterocycles. The molecule has 0 radical (unpaired) electrons. The van der Waals surface area contributed by atoms with Crippen molar-refractivity contribution in [2.75, 3.05) is 0 Å². The number of hydrogen-bond donors (Lipinski definition) is 0. The number of benzene rings is 1. The summed E-state index contributed by atoms with van der Waals surface area (Å²) in [4.78, 5) is 8.75. The summed E-state index contributed by atoms with van der Waals surface area (Å²) in [7, 11) is 1.90. The van der Waals surface area contributed by atoms with E-state index in [9.17, 15) is 5.26 Å². The quantitative estimate of drug-likeness (QED) is 0.742. The Morgan fingerprint density at radius 1 is 1.20 bits per heavy atom. The number of rotatable bonds is 1. The fourth-order valence-corrected chi connectivity index (χ4v) is 4.04. The molecule has 2 aromatic rings. The fourth-order valence-electron chi connectivity index (χ4n) is 4.04. The van der Waals surface area contributed by atoms with Crippen LogP contribution in [0.1, 0.15) is 36.9 Å². The Labute approximate surface area is 146 Å². The molecule has 1 aliphatic carbocycles. The lowest BCUT2D eigenvalue weighted by atomic mass is 9.69. The van der Waals surface area contributed by atoms with Gasteiger partial charge in [0, 0.05) is 24.7 Å². The molecule has 5 heteroatoms. The van der Waals surface area contributed by atoms with Gasteiger partial charge in [-0.15, -0.1) is 0 Å². The van der Waals surface area contributed by atoms with E-state index >= 15 is 0 Å². The lowest BCUT2D eigenvalue weighted by Gasteiger charge is -2.33. The van der Waals surface area contributed by atoms with Crippen molar-refractivity contribution in [3.05, 3.63) is 41.6 Å². The van der Waals surface area contributed by atoms with Crippen LogP contribution in [-0.4, -0.2) is 16.5 Å². The molecule has 2 aliphatic rings. The molecule has 1 aromatic heterocycles. The minimum Gasteiger partial charge on any atom is -0.335 e. The summed E-state index contributed by atoms with van der Waals surface area (Å²) in [6.07, 6.45) is 7.88. The van der Waals surface area contributed by atoms with Gasteiger partial charge in [0.2, 0.25) is 6.19 Å². The number of fused-ring (bicyclic) bond motifs is 2. The summed E-state index contributed by atoms with van der Waals surface area (Å²) in [6, 6.07) is 12.2. The van der Waals surface area contributed by atoms with Crippen LogP contribution in [0.25, 0.3) is 11.3 Å². The van der Waals surface area contributed by atoms with E-state index < -0.39 is 0 Å². The van der Waals surface area contributed by atoms with Crippen LogP contribution in [0.3, 0.4) is 0 Å². The molecule has 4 rings (SSSR count). The van der Waals surface area contributed by atoms with Crippen molar-refractivity contribution >= 4 is 17.6 Å². The summed E-state index contributed by atoms with van der Waals surface area (Å²) in [5.41, 5.74) is 5.33. The Balaban J connectivity index is 1.86. The van der Waals surface area contributed by atoms with Gasteiger partial charge in [0.15, 0.2) is 0 Å². The molecule has 1 aromatic carbocycles. The van der Waals surface area contributed by atoms with Crippen molar-refractivity contribution in [1.82, 2.24) is 4.57 Å². The van der Waals surface area contributed by atoms with E-state index in [1.165, 1.54) is 0 Å². The van der Waals surface area contributed by atoms with Gasteiger partial charge in [0.25, 0.3) is 0 Å². The van der Waals surface area contributed by atoms with Crippen molar-refractivity contribution in [2.24, 2.45) is 17.0 Å². The largest absolute Gasteiger partial charge is 0.335 e. The molecule has 122 valence electrons. The first-order valence-electron chi connectivity index (χ1n) is 8.42. The molecule has 1 saturated carbocycles. The average molecular weight is 327 g/mol. The van der Waals surface area contributed by atoms with E-state index in [2.05, 4.69) is 22.1 Å². The summed E-state index contributed by atoms with van der Waals surface area (Å²) in [5, 5.41) is 18.3. The Hall–Kier alpha value is -3.18. The Kier molecular flexibility index (Phi) is 3.51. The Morgan fingerprint density at radius 2 is 2.08 bits per heavy atom. The van der Waals surface area contributed by atoms with Crippen LogP contribution >= 0.6 is 0 Å². The van der Waals surface area contributed by atoms with E-state index in [0.29, 0.717) is 5.69 Å². The molecular weight excluding hydrogens is 310 g/mol. The third kappa shape index (κ3) is 2.21. The molecule has 0 bridgehead atoms. The number of nitriles is 2. The molecule has 1 atom stereocenters. The van der Waals surface area contributed by atoms with Crippen molar-refractivity contribution in [3.63, 3.8) is 0 Å². The number of aliphatic imine (C=N–C) groups is 2. The number of nitrogens with zero attached hydrogens (tertiary/aromatic N) is 5. The second kappa shape index (κ2) is 5.72. The maximum Gasteiger partial charge on any atom is 0.205 e. The van der Waals surface area contributed by atoms with E-state index in [4.69, 9.17) is 5.26 Å². The van der Waals surface area contributed by atoms with Gasteiger partial charge in [-0.25, -0.2) is 0 Å². The summed E-state index contributed by atoms with van der Waals surface area (Å²) >= 11 is 0. The van der Waals surface area contributed by atoms with Crippen LogP contribution in [0.15, 0.2) is 40.3 Å². The average Bonchev–Trinajstić information content (AvgIpc) is 3.18. The third-order valence-corrected chi connectivity index (χ3v) is 5.37. The zero-order valence-electron chi connectivity index (χ0n) is 14.0. The predicted molar refractivity (Wildman–Crippen MR) is 96.9 cm³/mol. The first-order valence-corrected chi connectivity index (χ1v) is 8.42. The molecule has 25 heavy (non-hydrogen) atoms. The minimum atomic E-state index is -0.345. The van der Waals surface area contributed by atoms with E-state index in [-0.39, 0.29) is 5.41 Å². The van der Waals surface area contributed by atoms with Gasteiger partial charge < -0.3 is 4.57 Å². The smallest absolute Gasteiger partial charge is 0.205 e. The van der Waals surface area contributed by atoms with Crippen LogP contribution in [-0.2, 0) is 12.5 Å². The Morgan fingerprint density at radius 3 is 2.84 bits per heavy atom. The molecule has 0 N–H and O–H groups in total. The molecule has 5 nitrogen and oxygen atoms in total. The van der Waals surface area contributed by atoms with Crippen LogP contribution in [0.4, 0.5) is 5.69 Å². The maximum absolute atomic E-state index is 9.19. The van der Waals surface area contributed by atoms with Crippen molar-refractivity contribution in [3.8, 4) is 23.5 Å². The Bertz CT molecular complexity index is 996. The van der Waals surface area contributed by atoms with Crippen LogP contribution in [0.2, 0.25) is 0 Å². The monoisotopic (exact) mass is 327 g/mol. The molecule has 2 heterocycles. The highest BCUT2D eigenvalue weighted by Gasteiger charge is 2.42. The fraction of sp³-hybridized carbons (Fsp3) is 0.300. The highest BCUT2D eigenvalue weighted by molar-refractivity contribution is 6.13. The van der Waals surface area contributed by atoms with Gasteiger partial charge in [-0.2, -0.15) is 15.5 Å². The number of hydrogen-bond acceptors (Lipinski definition) is 4. The molecule has 1 spiro atoms. The van der Waals surface area contributed by atoms with E-state index in [0.717, 1.165) is 53.9 Å². The van der Waals surface area contributed by atoms with E-state index in [1.807, 2.05) is 48.3 Å². The molecular formula is C20H17N5. The standard InChI is InChI=1S/C20H17N5/c1-25-15(11-21)6-8-18(25)14-5-7-17-16(10-14)20(12-23-17)9-3-2-4-19(20)24-13-22/h5-8,10,12H,2-4,9H2,1H3/b24-19-. The third-order valence-electron chi connectivity index (χ3n) is 5.37. The summed E-state index contributed by atoms with van der Waals surface area (Å²) in [5.74, 6) is 0. The van der Waals surface area contributed by atoms with Gasteiger partial charge in [0.05, 0.1) is 11.1 Å². The first kappa shape index (κ1) is 15.4. The maximum atomic E-state index is 9.19. The first-order chi connectivity index (χ1) is 12.2. The molecule has 1 fully saturated rings. The molecule has 1 aliphatic heterocycles. The topological polar surface area (TPSA) is 77.2 Å². The zero-order valence-corrected chi connectivity index (χ0v) is 14.0. The predicted octanol–water partition coefficient (Wildman–Crippen LogP) is 4.01. The van der Waals surface area contributed by atoms with Gasteiger partial charge in [0.1, 0.15) is 11.8 Å². The van der Waals surface area contributed by atoms with Crippen LogP contribution < -0.4 is 0 Å². The van der Waals surface area contributed by atoms with Crippen molar-refractivity contribution in [2.45, 2.75) is 31.1 Å². The van der Waals surface area contributed by atoms with Crippen molar-refractivity contribution in [1.29, 1.82) is 10.5 Å². The van der Waals surface area contributed by atoms with Gasteiger partial charge in [-0.05, 0) is 54.7 Å². The number of aromatic nitrogens is 1. The second-order valence-corrected chi connectivity index (χ2v) is 6.60. The SMILES string of the molecule is Cn1c(C#N)ccc1-c1ccc2c(c1)C1(C=N2)CCCC/C1=N/C#N. The second-order valence-electron chi connectivity index (χ2n) is 6.60. The van der Waals surface area contributed by atoms with Gasteiger partial charge >= 0.3 is 0 Å². The van der Waals surface area contributed by atoms with Crippen molar-refractivity contribution < 1.29 is 0 Å². The van der Waals surface area contributed by atoms with Gasteiger partial charge in [-0.3, -0.25) is 4.99 Å². The highest BCUT2D eigenvalue weighted by atomic mass is 15.0. The van der Waals surface area contributed by atoms with E-state index in [1.54, 1.807) is 0 Å². The van der Waals surface area contributed by atoms with Gasteiger partial charge in [-0.1, -0.05) is 12.5 Å². The molecule has 0 amide bonds. The molecule has 1 unspecified atom stereocenters. The van der Waals surface area contributed by atoms with Crippen LogP contribution in [0.5, 0.6) is 0 Å². The zero-order chi connectivity index (χ0) is 17.4.